The summed E-state index contributed by atoms with van der Waals surface area (Å²) in [5.41, 5.74) is -2.45. The van der Waals surface area contributed by atoms with Crippen molar-refractivity contribution in [2.45, 2.75) is 33.3 Å². The average Bonchev–Trinajstić information content (AvgIpc) is 2.36. The molecule has 0 aliphatic carbocycles. The Morgan fingerprint density at radius 2 is 1.71 bits per heavy atom. The normalized spacial score (nSPS) is 11.3. The van der Waals surface area contributed by atoms with Crippen LogP contribution in [0, 0.1) is 6.92 Å². The van der Waals surface area contributed by atoms with E-state index >= 15 is 0 Å². The molecule has 0 bridgehead atoms. The van der Waals surface area contributed by atoms with Gasteiger partial charge in [-0.1, -0.05) is 11.6 Å². The van der Waals surface area contributed by atoms with Gasteiger partial charge in [-0.05, 0) is 33.8 Å². The number of ether oxygens (including phenoxy) is 2. The molecule has 10 heteroatoms. The summed E-state index contributed by atoms with van der Waals surface area (Å²) < 4.78 is 48.9. The van der Waals surface area contributed by atoms with Gasteiger partial charge in [0.25, 0.3) is 0 Å². The second kappa shape index (κ2) is 8.70. The van der Waals surface area contributed by atoms with Crippen molar-refractivity contribution >= 4 is 30.2 Å². The van der Waals surface area contributed by atoms with Crippen LogP contribution in [0.5, 0.6) is 0 Å². The van der Waals surface area contributed by atoms with Crippen LogP contribution >= 0.6 is 0 Å². The number of amides is 1. The number of carbonyl (C=O) groups excluding carboxylic acids is 2. The van der Waals surface area contributed by atoms with Crippen molar-refractivity contribution in [1.29, 1.82) is 0 Å². The molecule has 1 rings (SSSR count). The monoisotopic (exact) mass is 371 g/mol. The summed E-state index contributed by atoms with van der Waals surface area (Å²) in [5.74, 6) is -0.932. The van der Waals surface area contributed by atoms with Crippen LogP contribution in [-0.2, 0) is 9.47 Å². The van der Waals surface area contributed by atoms with Crippen molar-refractivity contribution in [1.82, 2.24) is 0 Å². The Kier molecular flexibility index (Phi) is 8.51. The second-order valence-corrected chi connectivity index (χ2v) is 5.93. The van der Waals surface area contributed by atoms with Gasteiger partial charge in [0.1, 0.15) is 5.60 Å². The van der Waals surface area contributed by atoms with Gasteiger partial charge >= 0.3 is 70.4 Å². The van der Waals surface area contributed by atoms with Gasteiger partial charge in [0.15, 0.2) is 0 Å². The van der Waals surface area contributed by atoms with Crippen LogP contribution in [0.4, 0.5) is 23.4 Å². The fourth-order valence-electron chi connectivity index (χ4n) is 1.86. The molecular weight excluding hydrogens is 353 g/mol. The SMILES string of the molecule is COC(=O)c1cc(NC(=O)OC(C)(C)C)c(C)c([B-](F)(F)F)c1.[K+]. The maximum Gasteiger partial charge on any atom is 1.00 e. The molecule has 0 fully saturated rings. The fraction of sp³-hybridized carbons (Fsp3) is 0.429. The van der Waals surface area contributed by atoms with Gasteiger partial charge in [-0.3, -0.25) is 5.32 Å². The van der Waals surface area contributed by atoms with Crippen LogP contribution in [0.15, 0.2) is 12.1 Å². The molecule has 0 spiro atoms. The van der Waals surface area contributed by atoms with Crippen molar-refractivity contribution < 1.29 is 83.4 Å². The average molecular weight is 371 g/mol. The number of benzene rings is 1. The first kappa shape index (κ1) is 23.5. The van der Waals surface area contributed by atoms with Crippen molar-refractivity contribution in [2.75, 3.05) is 12.4 Å². The van der Waals surface area contributed by atoms with Gasteiger partial charge in [-0.15, -0.1) is 5.46 Å². The number of hydrogen-bond acceptors (Lipinski definition) is 4. The quantitative estimate of drug-likeness (QED) is 0.609. The maximum atomic E-state index is 13.2. The molecule has 1 aromatic rings. The molecule has 0 saturated carbocycles. The third kappa shape index (κ3) is 6.75. The Balaban J connectivity index is 0.00000529. The minimum atomic E-state index is -5.36. The Morgan fingerprint density at radius 1 is 1.17 bits per heavy atom. The van der Waals surface area contributed by atoms with E-state index in [1.807, 2.05) is 0 Å². The molecule has 5 nitrogen and oxygen atoms in total. The van der Waals surface area contributed by atoms with E-state index in [2.05, 4.69) is 10.1 Å². The summed E-state index contributed by atoms with van der Waals surface area (Å²) in [4.78, 5) is 23.3. The van der Waals surface area contributed by atoms with E-state index in [1.54, 1.807) is 20.8 Å². The van der Waals surface area contributed by atoms with Crippen LogP contribution in [0.25, 0.3) is 0 Å². The number of anilines is 1. The Labute approximate surface area is 181 Å². The number of esters is 1. The first-order chi connectivity index (χ1) is 10.3. The zero-order valence-electron chi connectivity index (χ0n) is 14.5. The minimum absolute atomic E-state index is 0. The second-order valence-electron chi connectivity index (χ2n) is 5.93. The molecule has 0 saturated heterocycles. The van der Waals surface area contributed by atoms with Gasteiger partial charge < -0.3 is 22.4 Å². The van der Waals surface area contributed by atoms with E-state index in [0.29, 0.717) is 6.07 Å². The zero-order chi connectivity index (χ0) is 18.0. The molecule has 0 aliphatic rings. The minimum Gasteiger partial charge on any atom is -0.465 e. The van der Waals surface area contributed by atoms with Crippen LogP contribution < -0.4 is 62.2 Å². The number of methoxy groups -OCH3 is 1. The number of halogens is 3. The third-order valence-electron chi connectivity index (χ3n) is 2.86. The van der Waals surface area contributed by atoms with Gasteiger partial charge in [-0.2, -0.15) is 0 Å². The number of hydrogen-bond donors (Lipinski definition) is 1. The van der Waals surface area contributed by atoms with Crippen LogP contribution in [-0.4, -0.2) is 31.8 Å². The molecule has 0 heterocycles. The summed E-state index contributed by atoms with van der Waals surface area (Å²) in [6.07, 6.45) is -0.914. The number of nitrogens with one attached hydrogen (secondary N) is 1. The van der Waals surface area contributed by atoms with E-state index in [1.165, 1.54) is 6.92 Å². The van der Waals surface area contributed by atoms with Crippen molar-refractivity contribution in [3.63, 3.8) is 0 Å². The summed E-state index contributed by atoms with van der Waals surface area (Å²) in [7, 11) is 1.06. The first-order valence-electron chi connectivity index (χ1n) is 6.78. The molecule has 128 valence electrons. The molecule has 0 radical (unpaired) electrons. The molecule has 0 aromatic heterocycles. The van der Waals surface area contributed by atoms with Crippen LogP contribution in [0.1, 0.15) is 36.7 Å². The van der Waals surface area contributed by atoms with E-state index in [-0.39, 0.29) is 68.2 Å². The van der Waals surface area contributed by atoms with Crippen molar-refractivity contribution in [3.05, 3.63) is 23.3 Å². The third-order valence-corrected chi connectivity index (χ3v) is 2.86. The van der Waals surface area contributed by atoms with Gasteiger partial charge in [-0.25, -0.2) is 9.59 Å². The predicted molar refractivity (Wildman–Crippen MR) is 81.1 cm³/mol. The molecule has 0 aliphatic heterocycles. The van der Waals surface area contributed by atoms with E-state index in [9.17, 15) is 22.5 Å². The largest absolute Gasteiger partial charge is 1.00 e. The molecule has 0 unspecified atom stereocenters. The summed E-state index contributed by atoms with van der Waals surface area (Å²) in [5, 5.41) is 2.24. The fourth-order valence-corrected chi connectivity index (χ4v) is 1.86. The number of carbonyl (C=O) groups is 2. The summed E-state index contributed by atoms with van der Waals surface area (Å²) in [6.45, 7) is 0.702. The van der Waals surface area contributed by atoms with Crippen molar-refractivity contribution in [3.8, 4) is 0 Å². The summed E-state index contributed by atoms with van der Waals surface area (Å²) >= 11 is 0. The van der Waals surface area contributed by atoms with Crippen LogP contribution in [0.3, 0.4) is 0 Å². The molecule has 1 aromatic carbocycles. The first-order valence-corrected chi connectivity index (χ1v) is 6.78. The zero-order valence-corrected chi connectivity index (χ0v) is 17.6. The Hall–Kier alpha value is -0.549. The van der Waals surface area contributed by atoms with E-state index in [4.69, 9.17) is 4.74 Å². The van der Waals surface area contributed by atoms with Gasteiger partial charge in [0.2, 0.25) is 0 Å². The topological polar surface area (TPSA) is 64.6 Å². The van der Waals surface area contributed by atoms with Crippen molar-refractivity contribution in [2.24, 2.45) is 0 Å². The smallest absolute Gasteiger partial charge is 0.465 e. The standard InChI is InChI=1S/C14H18BF3NO4.K/c1-8-10(15(16,17)18)6-9(12(20)22-5)7-11(8)19-13(21)23-14(2,3)4;/h6-7H,1-5H3,(H,19,21);/q-1;+1. The van der Waals surface area contributed by atoms with E-state index in [0.717, 1.165) is 13.2 Å². The Bertz CT molecular complexity index is 630. The molecule has 1 amide bonds. The predicted octanol–water partition coefficient (Wildman–Crippen LogP) is 0.187. The molecular formula is C14H18BF3KNO4. The van der Waals surface area contributed by atoms with E-state index < -0.39 is 30.1 Å². The molecule has 24 heavy (non-hydrogen) atoms. The van der Waals surface area contributed by atoms with Gasteiger partial charge in [0.05, 0.1) is 12.7 Å². The maximum absolute atomic E-state index is 13.2. The van der Waals surface area contributed by atoms with Gasteiger partial charge in [0, 0.05) is 5.69 Å². The Morgan fingerprint density at radius 3 is 2.12 bits per heavy atom. The summed E-state index contributed by atoms with van der Waals surface area (Å²) in [6, 6.07) is 1.83. The molecule has 1 N–H and O–H groups in total. The number of rotatable bonds is 3. The van der Waals surface area contributed by atoms with Crippen LogP contribution in [0.2, 0.25) is 0 Å². The molecule has 0 atom stereocenters.